The molecule has 0 aromatic carbocycles. The second kappa shape index (κ2) is 5.66. The molecule has 2 saturated heterocycles. The summed E-state index contributed by atoms with van der Waals surface area (Å²) in [5.74, 6) is 0.934. The van der Waals surface area contributed by atoms with Crippen molar-refractivity contribution in [3.63, 3.8) is 0 Å². The van der Waals surface area contributed by atoms with Gasteiger partial charge in [-0.3, -0.25) is 9.78 Å². The van der Waals surface area contributed by atoms with Gasteiger partial charge < -0.3 is 14.5 Å². The fourth-order valence-corrected chi connectivity index (χ4v) is 3.78. The highest BCUT2D eigenvalue weighted by molar-refractivity contribution is 7.08. The average molecular weight is 316 g/mol. The Morgan fingerprint density at radius 3 is 3.09 bits per heavy atom. The van der Waals surface area contributed by atoms with Gasteiger partial charge in [-0.15, -0.1) is 0 Å². The van der Waals surface area contributed by atoms with Crippen LogP contribution in [0.25, 0.3) is 0 Å². The number of carbonyl (C=O) groups excluding carboxylic acids is 1. The van der Waals surface area contributed by atoms with Crippen LogP contribution in [-0.2, 0) is 4.74 Å². The molecule has 2 aliphatic rings. The second-order valence-electron chi connectivity index (χ2n) is 5.46. The molecule has 0 bridgehead atoms. The van der Waals surface area contributed by atoms with E-state index >= 15 is 0 Å². The third-order valence-corrected chi connectivity index (χ3v) is 4.88. The van der Waals surface area contributed by atoms with Gasteiger partial charge in [0.15, 0.2) is 0 Å². The van der Waals surface area contributed by atoms with E-state index in [-0.39, 0.29) is 18.1 Å². The minimum absolute atomic E-state index is 0.0401. The zero-order valence-corrected chi connectivity index (χ0v) is 12.8. The molecule has 0 unspecified atom stereocenters. The van der Waals surface area contributed by atoms with Crippen LogP contribution in [0.5, 0.6) is 0 Å². The number of likely N-dealkylation sites (tertiary alicyclic amines) is 1. The van der Waals surface area contributed by atoms with Crippen molar-refractivity contribution in [3.05, 3.63) is 41.0 Å². The van der Waals surface area contributed by atoms with E-state index in [0.717, 1.165) is 17.9 Å². The van der Waals surface area contributed by atoms with Crippen LogP contribution in [-0.4, -0.2) is 59.2 Å². The van der Waals surface area contributed by atoms with Gasteiger partial charge in [0.25, 0.3) is 5.91 Å². The third kappa shape index (κ3) is 2.36. The Morgan fingerprint density at radius 1 is 1.36 bits per heavy atom. The number of nitrogens with zero attached hydrogens (tertiary/aromatic N) is 4. The quantitative estimate of drug-likeness (QED) is 0.835. The number of anilines is 1. The first-order valence-corrected chi connectivity index (χ1v) is 8.23. The molecule has 22 heavy (non-hydrogen) atoms. The van der Waals surface area contributed by atoms with Crippen LogP contribution in [0.2, 0.25) is 0 Å². The van der Waals surface area contributed by atoms with Crippen molar-refractivity contribution in [3.8, 4) is 0 Å². The van der Waals surface area contributed by atoms with Crippen LogP contribution < -0.4 is 4.90 Å². The Bertz CT molecular complexity index is 649. The first-order chi connectivity index (χ1) is 10.8. The molecule has 2 aliphatic heterocycles. The molecule has 2 aromatic heterocycles. The summed E-state index contributed by atoms with van der Waals surface area (Å²) in [7, 11) is 0. The van der Waals surface area contributed by atoms with E-state index in [9.17, 15) is 4.79 Å². The first kappa shape index (κ1) is 13.7. The van der Waals surface area contributed by atoms with Gasteiger partial charge in [-0.1, -0.05) is 0 Å². The summed E-state index contributed by atoms with van der Waals surface area (Å²) >= 11 is 1.54. The van der Waals surface area contributed by atoms with Gasteiger partial charge in [0.1, 0.15) is 5.82 Å². The Morgan fingerprint density at radius 2 is 2.32 bits per heavy atom. The summed E-state index contributed by atoms with van der Waals surface area (Å²) in [4.78, 5) is 25.1. The molecular formula is C15H16N4O2S. The lowest BCUT2D eigenvalue weighted by Crippen LogP contribution is -2.51. The number of aromatic nitrogens is 2. The molecule has 2 aromatic rings. The van der Waals surface area contributed by atoms with Crippen molar-refractivity contribution in [1.82, 2.24) is 14.9 Å². The largest absolute Gasteiger partial charge is 0.372 e. The van der Waals surface area contributed by atoms with E-state index in [1.54, 1.807) is 29.9 Å². The van der Waals surface area contributed by atoms with E-state index in [1.807, 2.05) is 21.7 Å². The summed E-state index contributed by atoms with van der Waals surface area (Å²) in [6, 6.07) is 2.02. The molecule has 0 aliphatic carbocycles. The zero-order valence-electron chi connectivity index (χ0n) is 12.0. The predicted molar refractivity (Wildman–Crippen MR) is 83.1 cm³/mol. The number of rotatable bonds is 2. The maximum Gasteiger partial charge on any atom is 0.254 e. The van der Waals surface area contributed by atoms with Crippen LogP contribution in [0.4, 0.5) is 5.82 Å². The zero-order chi connectivity index (χ0) is 14.9. The van der Waals surface area contributed by atoms with Crippen LogP contribution in [0.3, 0.4) is 0 Å². The Balaban J connectivity index is 1.55. The molecule has 0 saturated carbocycles. The molecule has 114 valence electrons. The van der Waals surface area contributed by atoms with E-state index in [2.05, 4.69) is 14.9 Å². The predicted octanol–water partition coefficient (Wildman–Crippen LogP) is 1.27. The average Bonchev–Trinajstić information content (AvgIpc) is 3.24. The van der Waals surface area contributed by atoms with Crippen molar-refractivity contribution in [2.45, 2.75) is 12.1 Å². The van der Waals surface area contributed by atoms with Crippen molar-refractivity contribution in [1.29, 1.82) is 0 Å². The van der Waals surface area contributed by atoms with E-state index in [4.69, 9.17) is 4.74 Å². The van der Waals surface area contributed by atoms with Crippen molar-refractivity contribution < 1.29 is 9.53 Å². The van der Waals surface area contributed by atoms with Gasteiger partial charge in [-0.05, 0) is 11.4 Å². The van der Waals surface area contributed by atoms with Crippen molar-refractivity contribution in [2.75, 3.05) is 31.1 Å². The lowest BCUT2D eigenvalue weighted by atomic mass is 10.1. The summed E-state index contributed by atoms with van der Waals surface area (Å²) in [6.45, 7) is 2.73. The highest BCUT2D eigenvalue weighted by Gasteiger charge is 2.42. The summed E-state index contributed by atoms with van der Waals surface area (Å²) < 4.78 is 5.87. The van der Waals surface area contributed by atoms with E-state index in [0.29, 0.717) is 19.7 Å². The number of fused-ring (bicyclic) bond motifs is 1. The maximum atomic E-state index is 12.5. The molecule has 0 N–H and O–H groups in total. The molecule has 6 nitrogen and oxygen atoms in total. The van der Waals surface area contributed by atoms with Gasteiger partial charge in [-0.25, -0.2) is 4.98 Å². The highest BCUT2D eigenvalue weighted by atomic mass is 32.1. The Labute approximate surface area is 132 Å². The van der Waals surface area contributed by atoms with Crippen molar-refractivity contribution >= 4 is 23.1 Å². The van der Waals surface area contributed by atoms with Gasteiger partial charge in [0.2, 0.25) is 0 Å². The molecule has 4 heterocycles. The number of amides is 1. The summed E-state index contributed by atoms with van der Waals surface area (Å²) in [6.07, 6.45) is 5.18. The van der Waals surface area contributed by atoms with Crippen LogP contribution in [0.1, 0.15) is 10.4 Å². The molecule has 0 spiro atoms. The Kier molecular flexibility index (Phi) is 3.51. The molecule has 4 rings (SSSR count). The minimum atomic E-state index is 0.0401. The Hall–Kier alpha value is -1.99. The SMILES string of the molecule is O=C(c1ccsc1)N1C[C@@H]2OCCN(c3cnccn3)[C@@H]2C1. The normalized spacial score (nSPS) is 24.4. The number of hydrogen-bond acceptors (Lipinski definition) is 6. The molecule has 7 heteroatoms. The van der Waals surface area contributed by atoms with Crippen LogP contribution in [0.15, 0.2) is 35.4 Å². The minimum Gasteiger partial charge on any atom is -0.372 e. The van der Waals surface area contributed by atoms with Gasteiger partial charge in [0, 0.05) is 37.4 Å². The van der Waals surface area contributed by atoms with E-state index in [1.165, 1.54) is 0 Å². The van der Waals surface area contributed by atoms with E-state index < -0.39 is 0 Å². The number of thiophene rings is 1. The number of hydrogen-bond donors (Lipinski definition) is 0. The number of morpholine rings is 1. The molecule has 0 radical (unpaired) electrons. The van der Waals surface area contributed by atoms with Gasteiger partial charge >= 0.3 is 0 Å². The summed E-state index contributed by atoms with van der Waals surface area (Å²) in [5, 5.41) is 3.82. The second-order valence-corrected chi connectivity index (χ2v) is 6.24. The molecular weight excluding hydrogens is 300 g/mol. The third-order valence-electron chi connectivity index (χ3n) is 4.20. The standard InChI is InChI=1S/C15H16N4O2S/c20-15(11-1-6-22-10-11)18-8-12-13(9-18)21-5-4-19(12)14-7-16-2-3-17-14/h1-3,6-7,10,12-13H,4-5,8-9H2/t12-,13+/m1/s1. The number of carbonyl (C=O) groups is 1. The van der Waals surface area contributed by atoms with Gasteiger partial charge in [0.05, 0.1) is 30.5 Å². The lowest BCUT2D eigenvalue weighted by Gasteiger charge is -2.37. The molecule has 2 fully saturated rings. The number of ether oxygens (including phenoxy) is 1. The molecule has 2 atom stereocenters. The molecule has 1 amide bonds. The fraction of sp³-hybridized carbons (Fsp3) is 0.400. The monoisotopic (exact) mass is 316 g/mol. The van der Waals surface area contributed by atoms with Gasteiger partial charge in [-0.2, -0.15) is 11.3 Å². The van der Waals surface area contributed by atoms with Crippen LogP contribution in [0, 0.1) is 0 Å². The summed E-state index contributed by atoms with van der Waals surface area (Å²) in [5.41, 5.74) is 0.759. The van der Waals surface area contributed by atoms with Crippen molar-refractivity contribution in [2.24, 2.45) is 0 Å². The lowest BCUT2D eigenvalue weighted by molar-refractivity contribution is 0.0299. The highest BCUT2D eigenvalue weighted by Crippen LogP contribution is 2.27. The topological polar surface area (TPSA) is 58.6 Å². The van der Waals surface area contributed by atoms with Crippen LogP contribution >= 0.6 is 11.3 Å². The first-order valence-electron chi connectivity index (χ1n) is 7.28. The fourth-order valence-electron chi connectivity index (χ4n) is 3.15. The smallest absolute Gasteiger partial charge is 0.254 e. The maximum absolute atomic E-state index is 12.5.